The Morgan fingerprint density at radius 2 is 2.00 bits per heavy atom. The Balaban J connectivity index is 2.54. The minimum Gasteiger partial charge on any atom is -0.328 e. The molecule has 0 aromatic carbocycles. The first-order valence-electron chi connectivity index (χ1n) is 1.65. The molecule has 5 heavy (non-hydrogen) atoms. The normalized spacial score (nSPS) is 15.0. The third-order valence-corrected chi connectivity index (χ3v) is 0.371. The number of hydrogen-bond acceptors (Lipinski definition) is 1. The quantitative estimate of drug-likeness (QED) is 0.475. The maximum atomic E-state index is 5.12. The van der Waals surface area contributed by atoms with Crippen LogP contribution in [0.5, 0.6) is 0 Å². The van der Waals surface area contributed by atoms with Gasteiger partial charge < -0.3 is 5.73 Å². The van der Waals surface area contributed by atoms with Crippen LogP contribution in [0.4, 0.5) is 0 Å². The fourth-order valence-corrected chi connectivity index (χ4v) is 0. The lowest BCUT2D eigenvalue weighted by Gasteiger charge is -1.91. The minimum absolute atomic E-state index is 0.0231. The van der Waals surface area contributed by atoms with E-state index in [-0.39, 0.29) is 6.04 Å². The smallest absolute Gasteiger partial charge is 0.00394 e. The van der Waals surface area contributed by atoms with E-state index in [1.165, 1.54) is 0 Å². The second-order valence-electron chi connectivity index (χ2n) is 1.05. The van der Waals surface area contributed by atoms with Gasteiger partial charge >= 0.3 is 0 Å². The molecule has 2 radical (unpaired) electrons. The summed E-state index contributed by atoms with van der Waals surface area (Å²) in [6.07, 6.45) is 0.722. The lowest BCUT2D eigenvalue weighted by Crippen LogP contribution is -2.12. The predicted octanol–water partition coefficient (Wildman–Crippen LogP) is 0.372. The molecule has 1 unspecified atom stereocenters. The molecule has 0 heterocycles. The Morgan fingerprint density at radius 3 is 2.00 bits per heavy atom. The van der Waals surface area contributed by atoms with E-state index in [2.05, 4.69) is 13.8 Å². The van der Waals surface area contributed by atoms with Crippen molar-refractivity contribution in [2.75, 3.05) is 0 Å². The molecule has 0 fully saturated rings. The highest BCUT2D eigenvalue weighted by Crippen LogP contribution is 1.75. The second-order valence-corrected chi connectivity index (χ2v) is 1.05. The van der Waals surface area contributed by atoms with Crippen LogP contribution in [0.1, 0.15) is 6.42 Å². The fourth-order valence-electron chi connectivity index (χ4n) is 0. The van der Waals surface area contributed by atoms with Crippen molar-refractivity contribution in [3.05, 3.63) is 13.8 Å². The van der Waals surface area contributed by atoms with Gasteiger partial charge in [0.15, 0.2) is 0 Å². The van der Waals surface area contributed by atoms with E-state index in [0.29, 0.717) is 0 Å². The van der Waals surface area contributed by atoms with Crippen molar-refractivity contribution in [1.29, 1.82) is 0 Å². The van der Waals surface area contributed by atoms with Crippen LogP contribution in [0.2, 0.25) is 0 Å². The molecule has 0 rings (SSSR count). The first-order chi connectivity index (χ1) is 2.27. The first-order valence-corrected chi connectivity index (χ1v) is 1.65. The molecule has 30 valence electrons. The van der Waals surface area contributed by atoms with Crippen molar-refractivity contribution in [3.8, 4) is 0 Å². The number of hydrogen-bond donors (Lipinski definition) is 1. The van der Waals surface area contributed by atoms with Crippen molar-refractivity contribution in [1.82, 2.24) is 0 Å². The summed E-state index contributed by atoms with van der Waals surface area (Å²) in [6.45, 7) is 6.97. The van der Waals surface area contributed by atoms with Gasteiger partial charge in [0, 0.05) is 6.04 Å². The minimum atomic E-state index is 0.0231. The van der Waals surface area contributed by atoms with Crippen molar-refractivity contribution in [2.45, 2.75) is 12.5 Å². The Hall–Kier alpha value is -0.0400. The van der Waals surface area contributed by atoms with Crippen LogP contribution in [0.3, 0.4) is 0 Å². The molecule has 1 atom stereocenters. The fraction of sp³-hybridized carbons (Fsp3) is 0.500. The average Bonchev–Trinajstić information content (AvgIpc) is 1.38. The van der Waals surface area contributed by atoms with Crippen LogP contribution >= 0.6 is 0 Å². The van der Waals surface area contributed by atoms with Gasteiger partial charge in [-0.1, -0.05) is 6.92 Å². The molecule has 0 saturated carbocycles. The summed E-state index contributed by atoms with van der Waals surface area (Å²) in [5, 5.41) is 0. The van der Waals surface area contributed by atoms with Gasteiger partial charge in [0.05, 0.1) is 0 Å². The summed E-state index contributed by atoms with van der Waals surface area (Å²) < 4.78 is 0. The third kappa shape index (κ3) is 3.96. The second kappa shape index (κ2) is 2.21. The summed E-state index contributed by atoms with van der Waals surface area (Å²) in [5.74, 6) is 0. The Bertz CT molecular complexity index is 17.6. The molecule has 0 aliphatic carbocycles. The van der Waals surface area contributed by atoms with Gasteiger partial charge in [-0.2, -0.15) is 0 Å². The van der Waals surface area contributed by atoms with E-state index >= 15 is 0 Å². The Kier molecular flexibility index (Phi) is 2.19. The van der Waals surface area contributed by atoms with Crippen molar-refractivity contribution in [2.24, 2.45) is 5.73 Å². The molecule has 0 amide bonds. The third-order valence-electron chi connectivity index (χ3n) is 0.371. The van der Waals surface area contributed by atoms with Crippen LogP contribution in [-0.2, 0) is 0 Å². The summed E-state index contributed by atoms with van der Waals surface area (Å²) in [7, 11) is 0. The lowest BCUT2D eigenvalue weighted by atomic mass is 10.3. The largest absolute Gasteiger partial charge is 0.328 e. The Morgan fingerprint density at radius 1 is 1.80 bits per heavy atom. The van der Waals surface area contributed by atoms with Crippen molar-refractivity contribution < 1.29 is 0 Å². The van der Waals surface area contributed by atoms with E-state index in [9.17, 15) is 0 Å². The highest BCUT2D eigenvalue weighted by molar-refractivity contribution is 4.61. The predicted molar refractivity (Wildman–Crippen MR) is 23.3 cm³/mol. The molecule has 0 saturated heterocycles. The molecular weight excluding hydrogens is 62.1 g/mol. The molecule has 0 aromatic rings. The molecule has 0 aromatic heterocycles. The van der Waals surface area contributed by atoms with E-state index in [0.717, 1.165) is 6.42 Å². The SMILES string of the molecule is [CH2]CC([CH2])N. The van der Waals surface area contributed by atoms with E-state index < -0.39 is 0 Å². The van der Waals surface area contributed by atoms with Gasteiger partial charge in [-0.05, 0) is 13.3 Å². The highest BCUT2D eigenvalue weighted by Gasteiger charge is 1.80. The molecule has 1 heteroatoms. The number of nitrogens with two attached hydrogens (primary N) is 1. The van der Waals surface area contributed by atoms with Crippen molar-refractivity contribution in [3.63, 3.8) is 0 Å². The van der Waals surface area contributed by atoms with Gasteiger partial charge in [0.2, 0.25) is 0 Å². The maximum absolute atomic E-state index is 5.12. The van der Waals surface area contributed by atoms with Crippen LogP contribution in [-0.4, -0.2) is 6.04 Å². The van der Waals surface area contributed by atoms with E-state index in [4.69, 9.17) is 5.73 Å². The van der Waals surface area contributed by atoms with Crippen molar-refractivity contribution >= 4 is 0 Å². The topological polar surface area (TPSA) is 26.0 Å². The molecule has 0 aliphatic rings. The standard InChI is InChI=1S/C4H9N/c1-3-4(2)5/h4H,1-3,5H2. The zero-order valence-corrected chi connectivity index (χ0v) is 3.28. The number of rotatable bonds is 1. The van der Waals surface area contributed by atoms with Gasteiger partial charge in [-0.25, -0.2) is 0 Å². The highest BCUT2D eigenvalue weighted by atomic mass is 14.6. The zero-order valence-electron chi connectivity index (χ0n) is 3.28. The van der Waals surface area contributed by atoms with E-state index in [1.807, 2.05) is 0 Å². The maximum Gasteiger partial charge on any atom is 0.00394 e. The molecule has 0 bridgehead atoms. The molecule has 2 N–H and O–H groups in total. The van der Waals surface area contributed by atoms with Gasteiger partial charge in [-0.15, -0.1) is 0 Å². The molecular formula is C4H9N. The van der Waals surface area contributed by atoms with Crippen LogP contribution < -0.4 is 5.73 Å². The average molecular weight is 71.1 g/mol. The van der Waals surface area contributed by atoms with Gasteiger partial charge in [0.1, 0.15) is 0 Å². The van der Waals surface area contributed by atoms with Crippen LogP contribution in [0.25, 0.3) is 0 Å². The van der Waals surface area contributed by atoms with E-state index in [1.54, 1.807) is 0 Å². The van der Waals surface area contributed by atoms with Crippen LogP contribution in [0.15, 0.2) is 0 Å². The molecule has 0 aliphatic heterocycles. The zero-order chi connectivity index (χ0) is 4.28. The van der Waals surface area contributed by atoms with Gasteiger partial charge in [-0.3, -0.25) is 0 Å². The van der Waals surface area contributed by atoms with Gasteiger partial charge in [0.25, 0.3) is 0 Å². The summed E-state index contributed by atoms with van der Waals surface area (Å²) in [6, 6.07) is 0.0231. The molecule has 1 nitrogen and oxygen atoms in total. The van der Waals surface area contributed by atoms with Crippen LogP contribution in [0, 0.1) is 13.8 Å². The summed E-state index contributed by atoms with van der Waals surface area (Å²) in [4.78, 5) is 0. The Labute approximate surface area is 33.2 Å². The monoisotopic (exact) mass is 71.1 g/mol. The lowest BCUT2D eigenvalue weighted by molar-refractivity contribution is 0.828. The summed E-state index contributed by atoms with van der Waals surface area (Å²) >= 11 is 0. The summed E-state index contributed by atoms with van der Waals surface area (Å²) in [5.41, 5.74) is 5.12. The molecule has 0 spiro atoms. The first kappa shape index (κ1) is 4.96.